The summed E-state index contributed by atoms with van der Waals surface area (Å²) in [5.74, 6) is 0. The van der Waals surface area contributed by atoms with Crippen LogP contribution in [0.2, 0.25) is 0 Å². The average Bonchev–Trinajstić information content (AvgIpc) is 2.65. The van der Waals surface area contributed by atoms with Crippen LogP contribution in [0.5, 0.6) is 0 Å². The first-order valence-electron chi connectivity index (χ1n) is 5.10. The van der Waals surface area contributed by atoms with E-state index in [0.717, 1.165) is 25.2 Å². The van der Waals surface area contributed by atoms with Crippen LogP contribution in [0.1, 0.15) is 25.1 Å². The van der Waals surface area contributed by atoms with Crippen molar-refractivity contribution in [3.05, 3.63) is 30.1 Å². The first-order valence-corrected chi connectivity index (χ1v) is 5.10. The number of pyridine rings is 1. The first-order chi connectivity index (χ1) is 6.77. The average molecular weight is 192 g/mol. The van der Waals surface area contributed by atoms with E-state index in [0.29, 0.717) is 6.04 Å². The van der Waals surface area contributed by atoms with Gasteiger partial charge in [0.15, 0.2) is 0 Å². The molecule has 0 bridgehead atoms. The molecule has 2 rings (SSSR count). The van der Waals surface area contributed by atoms with Crippen molar-refractivity contribution in [1.29, 1.82) is 0 Å². The smallest absolute Gasteiger partial charge is 0.0679 e. The molecule has 0 amide bonds. The van der Waals surface area contributed by atoms with E-state index in [1.165, 1.54) is 0 Å². The third-order valence-electron chi connectivity index (χ3n) is 2.86. The van der Waals surface area contributed by atoms with Gasteiger partial charge in [0.25, 0.3) is 0 Å². The number of aliphatic hydroxyl groups is 1. The van der Waals surface area contributed by atoms with Crippen molar-refractivity contribution >= 4 is 0 Å². The molecule has 1 aliphatic rings. The largest absolute Gasteiger partial charge is 0.392 e. The molecule has 0 aliphatic carbocycles. The molecule has 1 aromatic heterocycles. The third kappa shape index (κ3) is 1.94. The maximum Gasteiger partial charge on any atom is 0.0679 e. The minimum absolute atomic E-state index is 0.152. The van der Waals surface area contributed by atoms with Crippen molar-refractivity contribution in [3.8, 4) is 0 Å². The van der Waals surface area contributed by atoms with E-state index in [1.54, 1.807) is 0 Å². The molecule has 3 nitrogen and oxygen atoms in total. The Morgan fingerprint density at radius 1 is 1.57 bits per heavy atom. The van der Waals surface area contributed by atoms with Gasteiger partial charge in [-0.2, -0.15) is 0 Å². The molecule has 1 N–H and O–H groups in total. The summed E-state index contributed by atoms with van der Waals surface area (Å²) in [6.45, 7) is 3.89. The van der Waals surface area contributed by atoms with Crippen LogP contribution in [-0.4, -0.2) is 34.2 Å². The molecular formula is C11H16N2O. The van der Waals surface area contributed by atoms with Crippen molar-refractivity contribution in [2.24, 2.45) is 0 Å². The van der Waals surface area contributed by atoms with Gasteiger partial charge in [-0.05, 0) is 25.5 Å². The quantitative estimate of drug-likeness (QED) is 0.765. The lowest BCUT2D eigenvalue weighted by atomic mass is 10.2. The normalized spacial score (nSPS) is 25.1. The van der Waals surface area contributed by atoms with Crippen LogP contribution in [-0.2, 0) is 0 Å². The lowest BCUT2D eigenvalue weighted by Crippen LogP contribution is -2.26. The lowest BCUT2D eigenvalue weighted by Gasteiger charge is -2.22. The van der Waals surface area contributed by atoms with Gasteiger partial charge in [-0.25, -0.2) is 0 Å². The zero-order valence-electron chi connectivity index (χ0n) is 8.43. The van der Waals surface area contributed by atoms with Gasteiger partial charge >= 0.3 is 0 Å². The zero-order valence-corrected chi connectivity index (χ0v) is 8.43. The fraction of sp³-hybridized carbons (Fsp3) is 0.545. The Bertz CT molecular complexity index is 289. The van der Waals surface area contributed by atoms with Gasteiger partial charge < -0.3 is 5.11 Å². The number of aromatic nitrogens is 1. The van der Waals surface area contributed by atoms with E-state index in [4.69, 9.17) is 0 Å². The molecule has 0 spiro atoms. The van der Waals surface area contributed by atoms with Gasteiger partial charge in [0.1, 0.15) is 0 Å². The Morgan fingerprint density at radius 3 is 3.00 bits per heavy atom. The molecule has 1 aromatic rings. The number of rotatable bonds is 2. The van der Waals surface area contributed by atoms with Gasteiger partial charge in [-0.15, -0.1) is 0 Å². The topological polar surface area (TPSA) is 36.4 Å². The van der Waals surface area contributed by atoms with Crippen LogP contribution in [0, 0.1) is 0 Å². The van der Waals surface area contributed by atoms with Crippen LogP contribution in [0.15, 0.2) is 24.4 Å². The highest BCUT2D eigenvalue weighted by Gasteiger charge is 2.25. The summed E-state index contributed by atoms with van der Waals surface area (Å²) in [5, 5.41) is 9.43. The summed E-state index contributed by atoms with van der Waals surface area (Å²) < 4.78 is 0. The van der Waals surface area contributed by atoms with E-state index in [-0.39, 0.29) is 6.10 Å². The molecule has 1 unspecified atom stereocenters. The van der Waals surface area contributed by atoms with Crippen molar-refractivity contribution < 1.29 is 5.11 Å². The van der Waals surface area contributed by atoms with Crippen LogP contribution in [0.3, 0.4) is 0 Å². The molecule has 1 fully saturated rings. The Kier molecular flexibility index (Phi) is 2.79. The SMILES string of the molecule is C[C@@H](c1ccccn1)N1CCC(O)C1. The Labute approximate surface area is 84.4 Å². The standard InChI is InChI=1S/C11H16N2O/c1-9(11-4-2-3-6-12-11)13-7-5-10(14)8-13/h2-4,6,9-10,14H,5,7-8H2,1H3/t9-,10?/m0/s1. The molecule has 1 aliphatic heterocycles. The molecule has 76 valence electrons. The monoisotopic (exact) mass is 192 g/mol. The Hall–Kier alpha value is -0.930. The van der Waals surface area contributed by atoms with E-state index in [2.05, 4.69) is 16.8 Å². The highest BCUT2D eigenvalue weighted by atomic mass is 16.3. The van der Waals surface area contributed by atoms with E-state index < -0.39 is 0 Å². The predicted octanol–water partition coefficient (Wildman–Crippen LogP) is 1.21. The highest BCUT2D eigenvalue weighted by molar-refractivity contribution is 5.08. The molecule has 1 saturated heterocycles. The Balaban J connectivity index is 2.05. The number of hydrogen-bond acceptors (Lipinski definition) is 3. The molecule has 2 heterocycles. The van der Waals surface area contributed by atoms with Crippen molar-refractivity contribution in [1.82, 2.24) is 9.88 Å². The number of aliphatic hydroxyl groups excluding tert-OH is 1. The van der Waals surface area contributed by atoms with E-state index in [1.807, 2.05) is 24.4 Å². The summed E-state index contributed by atoms with van der Waals surface area (Å²) in [7, 11) is 0. The molecular weight excluding hydrogens is 176 g/mol. The molecule has 0 radical (unpaired) electrons. The van der Waals surface area contributed by atoms with E-state index in [9.17, 15) is 5.11 Å². The molecule has 3 heteroatoms. The summed E-state index contributed by atoms with van der Waals surface area (Å²) in [5.41, 5.74) is 1.08. The number of nitrogens with zero attached hydrogens (tertiary/aromatic N) is 2. The summed E-state index contributed by atoms with van der Waals surface area (Å²) in [6, 6.07) is 6.28. The van der Waals surface area contributed by atoms with Crippen LogP contribution >= 0.6 is 0 Å². The van der Waals surface area contributed by atoms with Crippen molar-refractivity contribution in [2.75, 3.05) is 13.1 Å². The molecule has 14 heavy (non-hydrogen) atoms. The van der Waals surface area contributed by atoms with Crippen molar-refractivity contribution in [2.45, 2.75) is 25.5 Å². The summed E-state index contributed by atoms with van der Waals surface area (Å²) in [6.07, 6.45) is 2.55. The zero-order chi connectivity index (χ0) is 9.97. The minimum Gasteiger partial charge on any atom is -0.392 e. The number of likely N-dealkylation sites (tertiary alicyclic amines) is 1. The van der Waals surface area contributed by atoms with Crippen LogP contribution < -0.4 is 0 Å². The van der Waals surface area contributed by atoms with Gasteiger partial charge in [-0.1, -0.05) is 6.07 Å². The van der Waals surface area contributed by atoms with Gasteiger partial charge in [0.05, 0.1) is 11.8 Å². The third-order valence-corrected chi connectivity index (χ3v) is 2.86. The highest BCUT2D eigenvalue weighted by Crippen LogP contribution is 2.22. The van der Waals surface area contributed by atoms with Crippen LogP contribution in [0.4, 0.5) is 0 Å². The fourth-order valence-electron chi connectivity index (χ4n) is 1.93. The van der Waals surface area contributed by atoms with Gasteiger partial charge in [-0.3, -0.25) is 9.88 Å². The van der Waals surface area contributed by atoms with Crippen LogP contribution in [0.25, 0.3) is 0 Å². The fourth-order valence-corrected chi connectivity index (χ4v) is 1.93. The van der Waals surface area contributed by atoms with Crippen molar-refractivity contribution in [3.63, 3.8) is 0 Å². The number of hydrogen-bond donors (Lipinski definition) is 1. The molecule has 2 atom stereocenters. The maximum atomic E-state index is 9.43. The second kappa shape index (κ2) is 4.07. The van der Waals surface area contributed by atoms with Gasteiger partial charge in [0.2, 0.25) is 0 Å². The van der Waals surface area contributed by atoms with Gasteiger partial charge in [0, 0.05) is 25.3 Å². The summed E-state index contributed by atoms with van der Waals surface area (Å²) in [4.78, 5) is 6.60. The second-order valence-electron chi connectivity index (χ2n) is 3.87. The first kappa shape index (κ1) is 9.62. The molecule has 0 aromatic carbocycles. The molecule has 0 saturated carbocycles. The predicted molar refractivity (Wildman–Crippen MR) is 54.8 cm³/mol. The summed E-state index contributed by atoms with van der Waals surface area (Å²) >= 11 is 0. The Morgan fingerprint density at radius 2 is 2.43 bits per heavy atom. The second-order valence-corrected chi connectivity index (χ2v) is 3.87. The lowest BCUT2D eigenvalue weighted by molar-refractivity contribution is 0.162. The maximum absolute atomic E-state index is 9.43. The van der Waals surface area contributed by atoms with E-state index >= 15 is 0 Å². The minimum atomic E-state index is -0.152. The number of β-amino-alcohol motifs (C(OH)–C–C–N with tert-alkyl or cyclic N) is 1.